The van der Waals surface area contributed by atoms with Crippen molar-refractivity contribution >= 4 is 73.8 Å². The van der Waals surface area contributed by atoms with Crippen molar-refractivity contribution in [3.63, 3.8) is 0 Å². The minimum Gasteiger partial charge on any atom is -0.279 e. The average molecular weight is 878 g/mol. The monoisotopic (exact) mass is 874 g/mol. The zero-order valence-corrected chi connectivity index (χ0v) is 29.0. The van der Waals surface area contributed by atoms with Crippen molar-refractivity contribution in [1.29, 1.82) is 5.26 Å². The van der Waals surface area contributed by atoms with Crippen molar-refractivity contribution in [2.75, 3.05) is 0 Å². The highest BCUT2D eigenvalue weighted by Gasteiger charge is 2.44. The molecule has 0 unspecified atom stereocenters. The SMILES string of the molecule is Brc1ccc(-c2nc(-c3ccc(Br)cc3)nc(-c3ccc(Br)cc3)n2)cc1.N#Cc1ccc(Br)cc1.O=S(=O)(O)C(F)(F)F. The first-order valence-corrected chi connectivity index (χ1v) is 16.5. The largest absolute Gasteiger partial charge is 0.522 e. The van der Waals surface area contributed by atoms with Crippen LogP contribution in [0.5, 0.6) is 0 Å². The predicted molar refractivity (Wildman–Crippen MR) is 176 cm³/mol. The molecule has 0 bridgehead atoms. The summed E-state index contributed by atoms with van der Waals surface area (Å²) in [6, 6.07) is 33.1. The van der Waals surface area contributed by atoms with Crippen molar-refractivity contribution in [3.8, 4) is 40.2 Å². The van der Waals surface area contributed by atoms with Gasteiger partial charge in [0.2, 0.25) is 0 Å². The van der Waals surface area contributed by atoms with Crippen LogP contribution in [0.2, 0.25) is 0 Å². The molecule has 0 spiro atoms. The molecule has 44 heavy (non-hydrogen) atoms. The number of nitrogens with zero attached hydrogens (tertiary/aromatic N) is 4. The fourth-order valence-corrected chi connectivity index (χ4v) is 4.14. The normalized spacial score (nSPS) is 10.9. The third-order valence-corrected chi connectivity index (χ3v) is 7.91. The molecule has 15 heteroatoms. The molecule has 5 aromatic rings. The van der Waals surface area contributed by atoms with E-state index in [9.17, 15) is 13.2 Å². The van der Waals surface area contributed by atoms with Gasteiger partial charge in [0.1, 0.15) is 0 Å². The summed E-state index contributed by atoms with van der Waals surface area (Å²) in [4.78, 5) is 14.1. The molecule has 0 saturated heterocycles. The molecule has 0 aliphatic rings. The second kappa shape index (κ2) is 15.8. The van der Waals surface area contributed by atoms with Crippen molar-refractivity contribution < 1.29 is 26.1 Å². The number of benzene rings is 4. The van der Waals surface area contributed by atoms with Crippen LogP contribution < -0.4 is 0 Å². The molecule has 0 aliphatic heterocycles. The van der Waals surface area contributed by atoms with Crippen molar-refractivity contribution in [2.24, 2.45) is 0 Å². The van der Waals surface area contributed by atoms with Gasteiger partial charge in [-0.3, -0.25) is 4.55 Å². The van der Waals surface area contributed by atoms with Crippen molar-refractivity contribution in [1.82, 2.24) is 15.0 Å². The van der Waals surface area contributed by atoms with E-state index in [0.717, 1.165) is 34.6 Å². The van der Waals surface area contributed by atoms with Gasteiger partial charge in [-0.05, 0) is 60.7 Å². The molecule has 5 rings (SSSR count). The number of halogens is 7. The first-order valence-electron chi connectivity index (χ1n) is 11.9. The van der Waals surface area contributed by atoms with Gasteiger partial charge in [-0.1, -0.05) is 100 Å². The van der Waals surface area contributed by atoms with E-state index in [1.54, 1.807) is 12.1 Å². The van der Waals surface area contributed by atoms with Gasteiger partial charge in [0.05, 0.1) is 11.6 Å². The number of hydrogen-bond donors (Lipinski definition) is 1. The molecule has 0 aliphatic carbocycles. The number of aromatic nitrogens is 3. The Bertz CT molecular complexity index is 1700. The fraction of sp³-hybridized carbons (Fsp3) is 0.0345. The highest BCUT2D eigenvalue weighted by molar-refractivity contribution is 9.11. The minimum absolute atomic E-state index is 0.647. The van der Waals surface area contributed by atoms with Gasteiger partial charge in [-0.25, -0.2) is 15.0 Å². The van der Waals surface area contributed by atoms with Gasteiger partial charge in [-0.15, -0.1) is 0 Å². The van der Waals surface area contributed by atoms with Crippen molar-refractivity contribution in [3.05, 3.63) is 121 Å². The van der Waals surface area contributed by atoms with E-state index < -0.39 is 15.6 Å². The number of rotatable bonds is 3. The lowest BCUT2D eigenvalue weighted by Gasteiger charge is -2.08. The van der Waals surface area contributed by atoms with E-state index in [2.05, 4.69) is 63.7 Å². The summed E-state index contributed by atoms with van der Waals surface area (Å²) in [5.41, 5.74) is -2.02. The summed E-state index contributed by atoms with van der Waals surface area (Å²) in [6.07, 6.45) is 0. The zero-order chi connectivity index (χ0) is 32.5. The molecule has 0 radical (unpaired) electrons. The van der Waals surface area contributed by atoms with Crippen LogP contribution in [-0.2, 0) is 10.1 Å². The molecule has 226 valence electrons. The number of hydrogen-bond acceptors (Lipinski definition) is 6. The maximum atomic E-state index is 10.7. The first-order chi connectivity index (χ1) is 20.7. The summed E-state index contributed by atoms with van der Waals surface area (Å²) >= 11 is 13.7. The van der Waals surface area contributed by atoms with Crippen LogP contribution in [0.4, 0.5) is 13.2 Å². The Balaban J connectivity index is 0.000000255. The van der Waals surface area contributed by atoms with Crippen LogP contribution in [0.1, 0.15) is 5.56 Å². The number of alkyl halides is 3. The highest BCUT2D eigenvalue weighted by atomic mass is 79.9. The van der Waals surface area contributed by atoms with E-state index in [4.69, 9.17) is 33.2 Å². The van der Waals surface area contributed by atoms with Crippen LogP contribution >= 0.6 is 63.7 Å². The van der Waals surface area contributed by atoms with Crippen molar-refractivity contribution in [2.45, 2.75) is 5.51 Å². The third kappa shape index (κ3) is 10.9. The lowest BCUT2D eigenvalue weighted by atomic mass is 10.1. The molecule has 0 fully saturated rings. The third-order valence-electron chi connectivity index (χ3n) is 5.21. The maximum absolute atomic E-state index is 10.7. The average Bonchev–Trinajstić information content (AvgIpc) is 2.98. The molecule has 7 nitrogen and oxygen atoms in total. The van der Waals surface area contributed by atoms with Gasteiger partial charge >= 0.3 is 15.6 Å². The Hall–Kier alpha value is -3.00. The van der Waals surface area contributed by atoms with Crippen LogP contribution in [0.15, 0.2) is 115 Å². The quantitative estimate of drug-likeness (QED) is 0.142. The molecule has 1 heterocycles. The molecule has 1 N–H and O–H groups in total. The van der Waals surface area contributed by atoms with E-state index in [0.29, 0.717) is 23.0 Å². The topological polar surface area (TPSA) is 117 Å². The number of nitriles is 1. The Kier molecular flexibility index (Phi) is 12.8. The maximum Gasteiger partial charge on any atom is 0.522 e. The fourth-order valence-electron chi connectivity index (χ4n) is 3.08. The van der Waals surface area contributed by atoms with E-state index >= 15 is 0 Å². The van der Waals surface area contributed by atoms with Gasteiger partial charge < -0.3 is 0 Å². The molecule has 1 aromatic heterocycles. The second-order valence-corrected chi connectivity index (χ2v) is 13.4. The summed E-state index contributed by atoms with van der Waals surface area (Å²) in [6.45, 7) is 0. The molecular formula is C29H17Br4F3N4O3S. The van der Waals surface area contributed by atoms with E-state index in [-0.39, 0.29) is 0 Å². The molecule has 0 atom stereocenters. The minimum atomic E-state index is -5.84. The van der Waals surface area contributed by atoms with Gasteiger partial charge in [-0.2, -0.15) is 26.9 Å². The van der Waals surface area contributed by atoms with Crippen LogP contribution in [0.25, 0.3) is 34.2 Å². The van der Waals surface area contributed by atoms with E-state index in [1.165, 1.54) is 0 Å². The molecule has 0 amide bonds. The van der Waals surface area contributed by atoms with Crippen LogP contribution in [0, 0.1) is 11.3 Å². The highest BCUT2D eigenvalue weighted by Crippen LogP contribution is 2.27. The summed E-state index contributed by atoms with van der Waals surface area (Å²) in [7, 11) is -5.84. The standard InChI is InChI=1S/C21H12Br3N3.C7H4BrN.CHF3O3S/c22-16-7-1-13(2-8-16)19-25-20(14-3-9-17(23)10-4-14)27-21(26-19)15-5-11-18(24)12-6-15;8-7-3-1-6(5-9)2-4-7;2-1(3,4)8(5,6)7/h1-12H;1-4H;(H,5,6,7). The molecule has 4 aromatic carbocycles. The van der Waals surface area contributed by atoms with Gasteiger partial charge in [0, 0.05) is 34.6 Å². The first kappa shape index (κ1) is 35.5. The Morgan fingerprint density at radius 3 is 1.00 bits per heavy atom. The Morgan fingerprint density at radius 1 is 0.568 bits per heavy atom. The Labute approximate surface area is 284 Å². The van der Waals surface area contributed by atoms with Crippen LogP contribution in [0.3, 0.4) is 0 Å². The lowest BCUT2D eigenvalue weighted by Crippen LogP contribution is -2.21. The van der Waals surface area contributed by atoms with Crippen LogP contribution in [-0.4, -0.2) is 33.4 Å². The zero-order valence-electron chi connectivity index (χ0n) is 21.8. The molecular weight excluding hydrogens is 861 g/mol. The predicted octanol–water partition coefficient (Wildman–Crippen LogP) is 9.87. The second-order valence-electron chi connectivity index (χ2n) is 8.37. The lowest BCUT2D eigenvalue weighted by molar-refractivity contribution is -0.0510. The summed E-state index contributed by atoms with van der Waals surface area (Å²) < 4.78 is 61.6. The van der Waals surface area contributed by atoms with E-state index in [1.807, 2.05) is 91.0 Å². The smallest absolute Gasteiger partial charge is 0.279 e. The van der Waals surface area contributed by atoms with Gasteiger partial charge in [0.25, 0.3) is 0 Å². The summed E-state index contributed by atoms with van der Waals surface area (Å²) in [5, 5.41) is 8.36. The summed E-state index contributed by atoms with van der Waals surface area (Å²) in [5.74, 6) is 1.94. The molecule has 0 saturated carbocycles. The van der Waals surface area contributed by atoms with Gasteiger partial charge in [0.15, 0.2) is 17.5 Å². The Morgan fingerprint density at radius 2 is 0.795 bits per heavy atom.